The minimum atomic E-state index is 0.0147. The molecule has 1 aliphatic heterocycles. The second-order valence-electron chi connectivity index (χ2n) is 8.59. The number of piperidine rings is 1. The molecule has 0 atom stereocenters. The Hall–Kier alpha value is -2.31. The zero-order valence-corrected chi connectivity index (χ0v) is 19.3. The van der Waals surface area contributed by atoms with Gasteiger partial charge in [0.1, 0.15) is 12.4 Å². The van der Waals surface area contributed by atoms with Gasteiger partial charge in [-0.05, 0) is 61.4 Å². The van der Waals surface area contributed by atoms with Crippen LogP contribution in [0.3, 0.4) is 0 Å². The van der Waals surface area contributed by atoms with E-state index in [1.165, 1.54) is 31.5 Å². The predicted octanol–water partition coefficient (Wildman–Crippen LogP) is 4.45. The van der Waals surface area contributed by atoms with E-state index in [1.54, 1.807) is 11.8 Å². The molecule has 0 saturated carbocycles. The first-order valence-electron chi connectivity index (χ1n) is 11.1. The summed E-state index contributed by atoms with van der Waals surface area (Å²) in [6.45, 7) is 6.54. The molecule has 3 aromatic rings. The number of hydrogen-bond donors (Lipinski definition) is 1. The van der Waals surface area contributed by atoms with Crippen molar-refractivity contribution in [1.82, 2.24) is 19.8 Å². The summed E-state index contributed by atoms with van der Waals surface area (Å²) in [7, 11) is 0. The minimum Gasteiger partial charge on any atom is -0.350 e. The van der Waals surface area contributed by atoms with Crippen molar-refractivity contribution < 1.29 is 4.79 Å². The van der Waals surface area contributed by atoms with Crippen molar-refractivity contribution in [3.8, 4) is 0 Å². The SMILES string of the molecule is CSCc1nc2ccccc2n1CC(=O)NCc1cccc(CN2CCC(C)CC2)c1. The van der Waals surface area contributed by atoms with E-state index in [0.717, 1.165) is 40.6 Å². The van der Waals surface area contributed by atoms with E-state index in [2.05, 4.69) is 47.7 Å². The smallest absolute Gasteiger partial charge is 0.240 e. The molecule has 1 N–H and O–H groups in total. The van der Waals surface area contributed by atoms with Crippen LogP contribution in [0.4, 0.5) is 0 Å². The van der Waals surface area contributed by atoms with Gasteiger partial charge in [0, 0.05) is 13.1 Å². The van der Waals surface area contributed by atoms with Gasteiger partial charge in [-0.15, -0.1) is 0 Å². The molecule has 1 saturated heterocycles. The fourth-order valence-corrected chi connectivity index (χ4v) is 4.74. The number of nitrogens with one attached hydrogen (secondary N) is 1. The van der Waals surface area contributed by atoms with Crippen molar-refractivity contribution >= 4 is 28.7 Å². The van der Waals surface area contributed by atoms with Gasteiger partial charge in [0.25, 0.3) is 0 Å². The fourth-order valence-electron chi connectivity index (χ4n) is 4.26. The van der Waals surface area contributed by atoms with Crippen molar-refractivity contribution in [2.24, 2.45) is 5.92 Å². The maximum absolute atomic E-state index is 12.7. The molecule has 0 unspecified atom stereocenters. The van der Waals surface area contributed by atoms with Gasteiger partial charge in [-0.25, -0.2) is 4.98 Å². The molecular weight excluding hydrogens is 404 g/mol. The van der Waals surface area contributed by atoms with Crippen LogP contribution in [0.5, 0.6) is 0 Å². The molecule has 164 valence electrons. The monoisotopic (exact) mass is 436 g/mol. The van der Waals surface area contributed by atoms with Gasteiger partial charge in [-0.1, -0.05) is 43.3 Å². The highest BCUT2D eigenvalue weighted by atomic mass is 32.2. The van der Waals surface area contributed by atoms with Crippen molar-refractivity contribution in [3.05, 3.63) is 65.5 Å². The molecule has 31 heavy (non-hydrogen) atoms. The van der Waals surface area contributed by atoms with E-state index in [0.29, 0.717) is 13.1 Å². The van der Waals surface area contributed by atoms with E-state index in [-0.39, 0.29) is 5.91 Å². The number of carbonyl (C=O) groups is 1. The number of imidazole rings is 1. The van der Waals surface area contributed by atoms with Crippen molar-refractivity contribution in [2.45, 2.75) is 45.2 Å². The lowest BCUT2D eigenvalue weighted by Gasteiger charge is -2.30. The second kappa shape index (κ2) is 10.3. The van der Waals surface area contributed by atoms with Gasteiger partial charge in [-0.3, -0.25) is 9.69 Å². The average molecular weight is 437 g/mol. The largest absolute Gasteiger partial charge is 0.350 e. The van der Waals surface area contributed by atoms with Gasteiger partial charge in [0.05, 0.1) is 16.8 Å². The molecule has 0 aliphatic carbocycles. The molecule has 0 radical (unpaired) electrons. The summed E-state index contributed by atoms with van der Waals surface area (Å²) in [6.07, 6.45) is 4.63. The Bertz CT molecular complexity index is 1020. The highest BCUT2D eigenvalue weighted by molar-refractivity contribution is 7.97. The van der Waals surface area contributed by atoms with E-state index in [4.69, 9.17) is 4.98 Å². The van der Waals surface area contributed by atoms with Crippen LogP contribution in [0.15, 0.2) is 48.5 Å². The summed E-state index contributed by atoms with van der Waals surface area (Å²) < 4.78 is 2.04. The number of fused-ring (bicyclic) bond motifs is 1. The number of hydrogen-bond acceptors (Lipinski definition) is 4. The summed E-state index contributed by atoms with van der Waals surface area (Å²) in [5.41, 5.74) is 4.43. The lowest BCUT2D eigenvalue weighted by atomic mass is 9.98. The maximum atomic E-state index is 12.7. The number of para-hydroxylation sites is 2. The molecule has 5 nitrogen and oxygen atoms in total. The van der Waals surface area contributed by atoms with Gasteiger partial charge < -0.3 is 9.88 Å². The lowest BCUT2D eigenvalue weighted by Crippen LogP contribution is -2.32. The number of nitrogens with zero attached hydrogens (tertiary/aromatic N) is 3. The van der Waals surface area contributed by atoms with Gasteiger partial charge in [0.2, 0.25) is 5.91 Å². The summed E-state index contributed by atoms with van der Waals surface area (Å²) in [5, 5.41) is 3.10. The normalized spacial score (nSPS) is 15.4. The number of rotatable bonds is 8. The standard InChI is InChI=1S/C25H32N4OS/c1-19-10-12-28(13-11-19)16-21-7-5-6-20(14-21)15-26-25(30)17-29-23-9-4-3-8-22(23)27-24(29)18-31-2/h3-9,14,19H,10-13,15-18H2,1-2H3,(H,26,30). The van der Waals surface area contributed by atoms with Crippen molar-refractivity contribution in [1.29, 1.82) is 0 Å². The summed E-state index contributed by atoms with van der Waals surface area (Å²) in [6, 6.07) is 16.6. The third-order valence-electron chi connectivity index (χ3n) is 6.07. The third kappa shape index (κ3) is 5.69. The van der Waals surface area contributed by atoms with E-state index >= 15 is 0 Å². The number of likely N-dealkylation sites (tertiary alicyclic amines) is 1. The second-order valence-corrected chi connectivity index (χ2v) is 9.46. The zero-order chi connectivity index (χ0) is 21.6. The molecule has 2 heterocycles. The number of amides is 1. The first-order chi connectivity index (χ1) is 15.1. The average Bonchev–Trinajstić information content (AvgIpc) is 3.12. The van der Waals surface area contributed by atoms with Crippen LogP contribution in [0.2, 0.25) is 0 Å². The van der Waals surface area contributed by atoms with Crippen LogP contribution in [0.25, 0.3) is 11.0 Å². The Morgan fingerprint density at radius 2 is 1.90 bits per heavy atom. The number of carbonyl (C=O) groups excluding carboxylic acids is 1. The fraction of sp³-hybridized carbons (Fsp3) is 0.440. The quantitative estimate of drug-likeness (QED) is 0.567. The molecule has 4 rings (SSSR count). The summed E-state index contributed by atoms with van der Waals surface area (Å²) in [5.74, 6) is 2.60. The molecule has 2 aromatic carbocycles. The Balaban J connectivity index is 1.36. The minimum absolute atomic E-state index is 0.0147. The zero-order valence-electron chi connectivity index (χ0n) is 18.5. The highest BCUT2D eigenvalue weighted by Gasteiger charge is 2.16. The van der Waals surface area contributed by atoms with Gasteiger partial charge in [-0.2, -0.15) is 11.8 Å². The van der Waals surface area contributed by atoms with Crippen LogP contribution in [-0.4, -0.2) is 39.7 Å². The van der Waals surface area contributed by atoms with Crippen LogP contribution in [-0.2, 0) is 30.2 Å². The Morgan fingerprint density at radius 3 is 2.71 bits per heavy atom. The van der Waals surface area contributed by atoms with E-state index in [1.807, 2.05) is 28.8 Å². The van der Waals surface area contributed by atoms with Gasteiger partial charge >= 0.3 is 0 Å². The number of aromatic nitrogens is 2. The molecular formula is C25H32N4OS. The molecule has 1 fully saturated rings. The molecule has 1 aromatic heterocycles. The Labute approximate surface area is 189 Å². The Morgan fingerprint density at radius 1 is 1.13 bits per heavy atom. The molecule has 6 heteroatoms. The van der Waals surface area contributed by atoms with Crippen LogP contribution < -0.4 is 5.32 Å². The molecule has 0 spiro atoms. The third-order valence-corrected chi connectivity index (χ3v) is 6.62. The van der Waals surface area contributed by atoms with Crippen LogP contribution in [0, 0.1) is 5.92 Å². The van der Waals surface area contributed by atoms with E-state index in [9.17, 15) is 4.79 Å². The molecule has 0 bridgehead atoms. The lowest BCUT2D eigenvalue weighted by molar-refractivity contribution is -0.121. The van der Waals surface area contributed by atoms with Crippen molar-refractivity contribution in [2.75, 3.05) is 19.3 Å². The number of thioether (sulfide) groups is 1. The first kappa shape index (κ1) is 21.9. The topological polar surface area (TPSA) is 50.2 Å². The van der Waals surface area contributed by atoms with Crippen molar-refractivity contribution in [3.63, 3.8) is 0 Å². The first-order valence-corrected chi connectivity index (χ1v) is 12.5. The Kier molecular flexibility index (Phi) is 7.30. The molecule has 1 amide bonds. The van der Waals surface area contributed by atoms with Crippen LogP contribution in [0.1, 0.15) is 36.7 Å². The van der Waals surface area contributed by atoms with Crippen LogP contribution >= 0.6 is 11.8 Å². The predicted molar refractivity (Wildman–Crippen MR) is 129 cm³/mol. The summed E-state index contributed by atoms with van der Waals surface area (Å²) in [4.78, 5) is 20.0. The molecule has 1 aliphatic rings. The van der Waals surface area contributed by atoms with E-state index < -0.39 is 0 Å². The number of benzene rings is 2. The van der Waals surface area contributed by atoms with Gasteiger partial charge in [0.15, 0.2) is 0 Å². The summed E-state index contributed by atoms with van der Waals surface area (Å²) >= 11 is 1.72. The highest BCUT2D eigenvalue weighted by Crippen LogP contribution is 2.20. The maximum Gasteiger partial charge on any atom is 0.240 e.